The Morgan fingerprint density at radius 2 is 1.39 bits per heavy atom. The van der Waals surface area contributed by atoms with Crippen molar-refractivity contribution < 1.29 is 28.5 Å². The van der Waals surface area contributed by atoms with Crippen LogP contribution in [-0.4, -0.2) is 10.0 Å². The van der Waals surface area contributed by atoms with Crippen LogP contribution in [-0.2, 0) is 4.29 Å². The minimum atomic E-state index is -4.29. The highest BCUT2D eigenvalue weighted by atomic mass is 127. The summed E-state index contributed by atoms with van der Waals surface area (Å²) in [7, 11) is -4.29. The fraction of sp³-hybridized carbons (Fsp3) is 1.00. The van der Waals surface area contributed by atoms with Crippen molar-refractivity contribution in [3.63, 3.8) is 0 Å². The molecule has 4 nitrogen and oxygen atoms in total. The van der Waals surface area contributed by atoms with E-state index in [9.17, 15) is 14.0 Å². The highest BCUT2D eigenvalue weighted by Crippen LogP contribution is 2.79. The summed E-state index contributed by atoms with van der Waals surface area (Å²) in [6.45, 7) is 4.56. The quantitative estimate of drug-likeness (QED) is 0.455. The molecule has 0 aromatic heterocycles. The van der Waals surface area contributed by atoms with E-state index in [0.29, 0.717) is 45.3 Å². The van der Waals surface area contributed by atoms with E-state index in [1.165, 1.54) is 0 Å². The van der Waals surface area contributed by atoms with Gasteiger partial charge >= 0.3 is 0 Å². The van der Waals surface area contributed by atoms with E-state index >= 15 is 0 Å². The lowest BCUT2D eigenvalue weighted by Gasteiger charge is -2.56. The molecule has 4 saturated carbocycles. The summed E-state index contributed by atoms with van der Waals surface area (Å²) >= 11 is 2.44. The van der Waals surface area contributed by atoms with Gasteiger partial charge in [0.1, 0.15) is 0 Å². The van der Waals surface area contributed by atoms with Gasteiger partial charge in [0.2, 0.25) is 6.10 Å². The monoisotopic (exact) mass is 386 g/mol. The van der Waals surface area contributed by atoms with Gasteiger partial charge in [-0.15, -0.1) is 0 Å². The lowest BCUT2D eigenvalue weighted by Crippen LogP contribution is -2.67. The lowest BCUT2D eigenvalue weighted by molar-refractivity contribution is -1.92. The number of hydrogen-bond donors (Lipinski definition) is 0. The van der Waals surface area contributed by atoms with Crippen LogP contribution >= 0.6 is 22.6 Å². The second-order valence-corrected chi connectivity index (χ2v) is 8.93. The van der Waals surface area contributed by atoms with Crippen LogP contribution in [0.2, 0.25) is 0 Å². The largest absolute Gasteiger partial charge is 0.221 e. The number of fused-ring (bicyclic) bond motifs is 1. The summed E-state index contributed by atoms with van der Waals surface area (Å²) < 4.78 is 38.2. The highest BCUT2D eigenvalue weighted by molar-refractivity contribution is 14.1. The molecule has 0 N–H and O–H groups in total. The summed E-state index contributed by atoms with van der Waals surface area (Å²) in [6, 6.07) is 0. The minimum absolute atomic E-state index is 0.299. The first kappa shape index (κ1) is 12.6. The number of hydrogen-bond acceptors (Lipinski definition) is 4. The van der Waals surface area contributed by atoms with Crippen LogP contribution in [0.3, 0.4) is 0 Å². The molecule has 18 heavy (non-hydrogen) atoms. The molecule has 4 fully saturated rings. The molecule has 0 aromatic rings. The summed E-state index contributed by atoms with van der Waals surface area (Å²) in [4.78, 5) is 0. The minimum Gasteiger partial charge on any atom is -0.183 e. The van der Waals surface area contributed by atoms with Crippen LogP contribution in [0.25, 0.3) is 0 Å². The fourth-order valence-electron chi connectivity index (χ4n) is 5.99. The predicted molar refractivity (Wildman–Crippen MR) is 61.9 cm³/mol. The van der Waals surface area contributed by atoms with E-state index in [2.05, 4.69) is 36.4 Å². The van der Waals surface area contributed by atoms with Gasteiger partial charge in [-0.2, -0.15) is 14.0 Å². The number of halogens is 2. The molecule has 10 unspecified atom stereocenters. The molecule has 0 heterocycles. The average molecular weight is 387 g/mol. The van der Waals surface area contributed by atoms with Gasteiger partial charge in [0.25, 0.3) is 0 Å². The zero-order valence-electron chi connectivity index (χ0n) is 10.2. The molecule has 0 spiro atoms. The van der Waals surface area contributed by atoms with Crippen molar-refractivity contribution in [3.8, 4) is 0 Å². The van der Waals surface area contributed by atoms with Gasteiger partial charge < -0.3 is 0 Å². The van der Waals surface area contributed by atoms with Gasteiger partial charge in [-0.3, -0.25) is 0 Å². The first-order valence-electron chi connectivity index (χ1n) is 6.56. The molecular formula is C12H16ClIO4. The summed E-state index contributed by atoms with van der Waals surface area (Å²) in [6.07, 6.45) is -0.339. The van der Waals surface area contributed by atoms with Gasteiger partial charge in [0.15, 0.2) is 0 Å². The second kappa shape index (κ2) is 3.54. The molecule has 0 radical (unpaired) electrons. The third-order valence-electron chi connectivity index (χ3n) is 6.42. The molecule has 4 aliphatic carbocycles. The Morgan fingerprint density at radius 1 is 0.833 bits per heavy atom. The van der Waals surface area contributed by atoms with E-state index in [1.807, 2.05) is 0 Å². The van der Waals surface area contributed by atoms with Crippen LogP contribution < -0.4 is 14.0 Å². The first-order valence-corrected chi connectivity index (χ1v) is 9.04. The average Bonchev–Trinajstić information content (AvgIpc) is 2.77. The van der Waals surface area contributed by atoms with Gasteiger partial charge in [0, 0.05) is 15.8 Å². The topological polar surface area (TPSA) is 78.4 Å². The van der Waals surface area contributed by atoms with Gasteiger partial charge in [-0.1, -0.05) is 36.4 Å². The van der Waals surface area contributed by atoms with E-state index in [0.717, 1.165) is 5.92 Å². The first-order chi connectivity index (χ1) is 8.33. The maximum absolute atomic E-state index is 10.9. The van der Waals surface area contributed by atoms with E-state index in [-0.39, 0.29) is 6.10 Å². The van der Waals surface area contributed by atoms with E-state index in [4.69, 9.17) is 4.29 Å². The Balaban J connectivity index is 1.69. The normalized spacial score (nSPS) is 64.3. The van der Waals surface area contributed by atoms with Crippen molar-refractivity contribution in [2.24, 2.45) is 47.3 Å². The van der Waals surface area contributed by atoms with Crippen molar-refractivity contribution in [3.05, 3.63) is 0 Å². The Morgan fingerprint density at radius 3 is 1.94 bits per heavy atom. The zero-order valence-corrected chi connectivity index (χ0v) is 13.1. The lowest BCUT2D eigenvalue weighted by atomic mass is 9.52. The molecule has 0 amide bonds. The van der Waals surface area contributed by atoms with Crippen molar-refractivity contribution in [2.75, 3.05) is 0 Å². The van der Waals surface area contributed by atoms with E-state index < -0.39 is 10.2 Å². The summed E-state index contributed by atoms with van der Waals surface area (Å²) in [5.74, 6) is 4.43. The van der Waals surface area contributed by atoms with Crippen molar-refractivity contribution in [1.29, 1.82) is 0 Å². The molecule has 6 heteroatoms. The maximum Gasteiger partial charge on any atom is 0.221 e. The molecule has 102 valence electrons. The third kappa shape index (κ3) is 1.27. The maximum atomic E-state index is 10.9. The Labute approximate surface area is 122 Å². The Bertz CT molecular complexity index is 400. The Kier molecular flexibility index (Phi) is 2.48. The van der Waals surface area contributed by atoms with Crippen molar-refractivity contribution >= 4 is 22.6 Å². The second-order valence-electron chi connectivity index (χ2n) is 6.56. The van der Waals surface area contributed by atoms with Gasteiger partial charge in [-0.25, -0.2) is 0 Å². The fourth-order valence-corrected chi connectivity index (χ4v) is 8.32. The molecule has 0 saturated heterocycles. The molecule has 10 atom stereocenters. The van der Waals surface area contributed by atoms with E-state index in [1.54, 1.807) is 0 Å². The highest BCUT2D eigenvalue weighted by Gasteiger charge is 2.81. The SMILES string of the molecule is CC1C(C)C2C3C(O[Cl+3]([O-])([O-])[O-])C4C(I)C(C13)C42. The van der Waals surface area contributed by atoms with Gasteiger partial charge in [0.05, 0.1) is 14.5 Å². The van der Waals surface area contributed by atoms with Crippen LogP contribution in [0.5, 0.6) is 0 Å². The number of alkyl halides is 1. The standard InChI is InChI=1S/C12H16ClIO4/c1-3-4(2)6-8-7-5(3)9(6)12(10(7)11(8)14)18-13(15,16)17/h3-12H,1-2H3. The smallest absolute Gasteiger partial charge is 0.183 e. The summed E-state index contributed by atoms with van der Waals surface area (Å²) in [5.41, 5.74) is 0. The van der Waals surface area contributed by atoms with Crippen LogP contribution in [0, 0.1) is 57.6 Å². The molecule has 0 aliphatic heterocycles. The molecule has 4 aliphatic rings. The predicted octanol–water partition coefficient (Wildman–Crippen LogP) is -0.904. The van der Waals surface area contributed by atoms with Crippen molar-refractivity contribution in [2.45, 2.75) is 23.9 Å². The molecule has 0 aromatic carbocycles. The molecular weight excluding hydrogens is 370 g/mol. The zero-order chi connectivity index (χ0) is 13.0. The van der Waals surface area contributed by atoms with Gasteiger partial charge in [-0.05, 0) is 35.5 Å². The molecule has 4 rings (SSSR count). The van der Waals surface area contributed by atoms with Crippen LogP contribution in [0.1, 0.15) is 13.8 Å². The van der Waals surface area contributed by atoms with Crippen LogP contribution in [0.15, 0.2) is 0 Å². The number of rotatable bonds is 2. The van der Waals surface area contributed by atoms with Crippen LogP contribution in [0.4, 0.5) is 0 Å². The molecule has 4 bridgehead atoms. The Hall–Kier alpha value is 0.860. The third-order valence-corrected chi connectivity index (χ3v) is 8.50. The van der Waals surface area contributed by atoms with Crippen molar-refractivity contribution in [1.82, 2.24) is 0 Å². The summed E-state index contributed by atoms with van der Waals surface area (Å²) in [5, 5.41) is 0.